The fourth-order valence-electron chi connectivity index (χ4n) is 5.59. The Morgan fingerprint density at radius 1 is 0.913 bits per heavy atom. The predicted octanol–water partition coefficient (Wildman–Crippen LogP) is 7.19. The lowest BCUT2D eigenvalue weighted by atomic mass is 9.90. The van der Waals surface area contributed by atoms with E-state index < -0.39 is 16.0 Å². The maximum Gasteiger partial charge on any atom is 0.272 e. The lowest BCUT2D eigenvalue weighted by Crippen LogP contribution is -2.43. The van der Waals surface area contributed by atoms with Crippen LogP contribution >= 0.6 is 34.8 Å². The van der Waals surface area contributed by atoms with Crippen LogP contribution in [0.1, 0.15) is 47.3 Å². The number of aliphatic hydroxyl groups is 1. The minimum Gasteiger partial charge on any atom is -0.392 e. The SMILES string of the molecule is CC1C(CN(C)CCc2ccccn2)OC(c2cccc(-c3cccc(CNC(=O)C(Cl)(Cl)Cl)c3)c2)OC1c1ccc(CO)cc1. The van der Waals surface area contributed by atoms with Crippen LogP contribution in [-0.2, 0) is 33.8 Å². The number of alkyl halides is 3. The first kappa shape index (κ1) is 34.3. The van der Waals surface area contributed by atoms with Crippen molar-refractivity contribution in [2.45, 2.75) is 48.8 Å². The van der Waals surface area contributed by atoms with Gasteiger partial charge in [0.25, 0.3) is 9.70 Å². The van der Waals surface area contributed by atoms with Crippen molar-refractivity contribution in [1.82, 2.24) is 15.2 Å². The lowest BCUT2D eigenvalue weighted by molar-refractivity contribution is -0.275. The maximum absolute atomic E-state index is 12.0. The maximum atomic E-state index is 12.0. The van der Waals surface area contributed by atoms with Gasteiger partial charge in [-0.05, 0) is 59.1 Å². The largest absolute Gasteiger partial charge is 0.392 e. The Balaban J connectivity index is 1.36. The van der Waals surface area contributed by atoms with Gasteiger partial charge in [0.2, 0.25) is 0 Å². The van der Waals surface area contributed by atoms with E-state index in [1.165, 1.54) is 0 Å². The van der Waals surface area contributed by atoms with Crippen molar-refractivity contribution in [3.63, 3.8) is 0 Å². The molecule has 3 aromatic carbocycles. The van der Waals surface area contributed by atoms with E-state index >= 15 is 0 Å². The number of pyridine rings is 1. The first-order chi connectivity index (χ1) is 22.1. The quantitative estimate of drug-likeness (QED) is 0.163. The minimum absolute atomic E-state index is 0.00987. The van der Waals surface area contributed by atoms with Gasteiger partial charge < -0.3 is 24.8 Å². The summed E-state index contributed by atoms with van der Waals surface area (Å²) in [5, 5.41) is 12.2. The van der Waals surface area contributed by atoms with Crippen molar-refractivity contribution in [3.8, 4) is 11.1 Å². The summed E-state index contributed by atoms with van der Waals surface area (Å²) in [5.41, 5.74) is 6.66. The highest BCUT2D eigenvalue weighted by Gasteiger charge is 2.39. The molecule has 46 heavy (non-hydrogen) atoms. The molecule has 242 valence electrons. The lowest BCUT2D eigenvalue weighted by Gasteiger charge is -2.42. The summed E-state index contributed by atoms with van der Waals surface area (Å²) in [6, 6.07) is 29.9. The molecule has 2 N–H and O–H groups in total. The molecule has 1 aromatic heterocycles. The number of aliphatic hydroxyl groups excluding tert-OH is 1. The molecule has 5 rings (SSSR count). The van der Waals surface area contributed by atoms with Gasteiger partial charge in [0, 0.05) is 49.4 Å². The summed E-state index contributed by atoms with van der Waals surface area (Å²) in [5.74, 6) is -0.612. The number of nitrogens with zero attached hydrogens (tertiary/aromatic N) is 2. The third kappa shape index (κ3) is 9.07. The number of aromatic nitrogens is 1. The normalized spacial score (nSPS) is 20.1. The van der Waals surface area contributed by atoms with E-state index in [9.17, 15) is 9.90 Å². The van der Waals surface area contributed by atoms with Crippen molar-refractivity contribution in [2.24, 2.45) is 5.92 Å². The van der Waals surface area contributed by atoms with Crippen LogP contribution in [0.15, 0.2) is 97.2 Å². The second-order valence-corrected chi connectivity index (χ2v) is 13.9. The summed E-state index contributed by atoms with van der Waals surface area (Å²) >= 11 is 17.1. The van der Waals surface area contributed by atoms with Gasteiger partial charge in [0.1, 0.15) is 0 Å². The standard InChI is InChI=1S/C36H38Cl3N3O4/c1-24-32(22-42(2)18-16-31-11-3-4-17-40-31)45-34(46-33(24)27-14-12-25(23-43)13-15-27)30-10-6-9-29(20-30)28-8-5-7-26(19-28)21-41-35(44)36(37,38)39/h3-15,17,19-20,24,32-34,43H,16,18,21-23H2,1-2H3,(H,41,44). The van der Waals surface area contributed by atoms with Crippen LogP contribution in [0.4, 0.5) is 0 Å². The Labute approximate surface area is 285 Å². The van der Waals surface area contributed by atoms with Crippen molar-refractivity contribution < 1.29 is 19.4 Å². The van der Waals surface area contributed by atoms with Gasteiger partial charge in [-0.3, -0.25) is 9.78 Å². The van der Waals surface area contributed by atoms with Crippen molar-refractivity contribution >= 4 is 40.7 Å². The van der Waals surface area contributed by atoms with Crippen LogP contribution < -0.4 is 5.32 Å². The number of nitrogens with one attached hydrogen (secondary N) is 1. The third-order valence-electron chi connectivity index (χ3n) is 8.22. The Morgan fingerprint density at radius 3 is 2.35 bits per heavy atom. The van der Waals surface area contributed by atoms with Crippen LogP contribution in [-0.4, -0.2) is 50.9 Å². The first-order valence-electron chi connectivity index (χ1n) is 15.2. The molecule has 4 unspecified atom stereocenters. The molecule has 7 nitrogen and oxygen atoms in total. The minimum atomic E-state index is -2.02. The van der Waals surface area contributed by atoms with Crippen LogP contribution in [0.2, 0.25) is 0 Å². The number of hydrogen-bond donors (Lipinski definition) is 2. The smallest absolute Gasteiger partial charge is 0.272 e. The predicted molar refractivity (Wildman–Crippen MR) is 182 cm³/mol. The molecule has 10 heteroatoms. The Hall–Kier alpha value is -3.01. The van der Waals surface area contributed by atoms with E-state index in [0.29, 0.717) is 0 Å². The van der Waals surface area contributed by atoms with Crippen LogP contribution in [0.3, 0.4) is 0 Å². The van der Waals surface area contributed by atoms with Gasteiger partial charge in [-0.2, -0.15) is 0 Å². The Bertz CT molecular complexity index is 1580. The van der Waals surface area contributed by atoms with Gasteiger partial charge >= 0.3 is 0 Å². The number of carbonyl (C=O) groups excluding carboxylic acids is 1. The summed E-state index contributed by atoms with van der Waals surface area (Å²) in [7, 11) is 2.11. The number of hydrogen-bond acceptors (Lipinski definition) is 6. The number of carbonyl (C=O) groups is 1. The monoisotopic (exact) mass is 681 g/mol. The fourth-order valence-corrected chi connectivity index (χ4v) is 5.79. The molecule has 4 aromatic rings. The molecule has 0 bridgehead atoms. The van der Waals surface area contributed by atoms with Crippen molar-refractivity contribution in [1.29, 1.82) is 0 Å². The number of ether oxygens (including phenoxy) is 2. The van der Waals surface area contributed by atoms with Gasteiger partial charge in [0.05, 0.1) is 18.8 Å². The van der Waals surface area contributed by atoms with Crippen LogP contribution in [0.5, 0.6) is 0 Å². The van der Waals surface area contributed by atoms with E-state index in [4.69, 9.17) is 44.3 Å². The zero-order chi connectivity index (χ0) is 32.7. The zero-order valence-corrected chi connectivity index (χ0v) is 28.1. The van der Waals surface area contributed by atoms with Crippen LogP contribution in [0, 0.1) is 5.92 Å². The summed E-state index contributed by atoms with van der Waals surface area (Å²) < 4.78 is 11.4. The summed E-state index contributed by atoms with van der Waals surface area (Å²) in [6.07, 6.45) is 1.75. The molecule has 1 fully saturated rings. The average Bonchev–Trinajstić information content (AvgIpc) is 3.07. The molecule has 1 amide bonds. The highest BCUT2D eigenvalue weighted by molar-refractivity contribution is 6.76. The van der Waals surface area contributed by atoms with E-state index in [-0.39, 0.29) is 31.3 Å². The summed E-state index contributed by atoms with van der Waals surface area (Å²) in [6.45, 7) is 3.95. The Morgan fingerprint density at radius 2 is 1.65 bits per heavy atom. The molecular weight excluding hydrogens is 645 g/mol. The average molecular weight is 683 g/mol. The van der Waals surface area contributed by atoms with Crippen LogP contribution in [0.25, 0.3) is 11.1 Å². The topological polar surface area (TPSA) is 83.9 Å². The molecule has 1 aliphatic heterocycles. The van der Waals surface area contributed by atoms with Gasteiger partial charge in [-0.15, -0.1) is 0 Å². The number of halogens is 3. The Kier molecular flexibility index (Phi) is 11.7. The summed E-state index contributed by atoms with van der Waals surface area (Å²) in [4.78, 5) is 18.8. The molecule has 0 aliphatic carbocycles. The number of benzene rings is 3. The zero-order valence-electron chi connectivity index (χ0n) is 25.8. The van der Waals surface area contributed by atoms with Crippen molar-refractivity contribution in [3.05, 3.63) is 125 Å². The molecule has 2 heterocycles. The molecule has 4 atom stereocenters. The highest BCUT2D eigenvalue weighted by atomic mass is 35.6. The second kappa shape index (κ2) is 15.7. The third-order valence-corrected chi connectivity index (χ3v) is 8.74. The van der Waals surface area contributed by atoms with Gasteiger partial charge in [0.15, 0.2) is 6.29 Å². The number of rotatable bonds is 11. The highest BCUT2D eigenvalue weighted by Crippen LogP contribution is 2.42. The molecule has 0 spiro atoms. The molecule has 1 aliphatic rings. The second-order valence-electron chi connectivity index (χ2n) is 11.7. The number of likely N-dealkylation sites (N-methyl/N-ethyl adjacent to an activating group) is 1. The molecule has 0 radical (unpaired) electrons. The first-order valence-corrected chi connectivity index (χ1v) is 16.4. The molecule has 0 saturated carbocycles. The number of amides is 1. The molecular formula is C36H38Cl3N3O4. The van der Waals surface area contributed by atoms with Gasteiger partial charge in [-0.25, -0.2) is 0 Å². The van der Waals surface area contributed by atoms with Gasteiger partial charge in [-0.1, -0.05) is 108 Å². The van der Waals surface area contributed by atoms with E-state index in [0.717, 1.165) is 58.6 Å². The van der Waals surface area contributed by atoms with Crippen molar-refractivity contribution in [2.75, 3.05) is 20.1 Å². The van der Waals surface area contributed by atoms with E-state index in [1.807, 2.05) is 91.1 Å². The van der Waals surface area contributed by atoms with E-state index in [2.05, 4.69) is 35.2 Å². The molecule has 1 saturated heterocycles. The van der Waals surface area contributed by atoms with E-state index in [1.54, 1.807) is 0 Å². The fraction of sp³-hybridized carbons (Fsp3) is 0.333.